The van der Waals surface area contributed by atoms with Crippen molar-refractivity contribution in [3.63, 3.8) is 0 Å². The molecule has 1 N–H and O–H groups in total. The molecular weight excluding hydrogens is 320 g/mol. The number of rotatable bonds is 5. The molecule has 2 unspecified atom stereocenters. The van der Waals surface area contributed by atoms with E-state index in [-0.39, 0.29) is 15.3 Å². The van der Waals surface area contributed by atoms with Crippen LogP contribution in [0.2, 0.25) is 0 Å². The van der Waals surface area contributed by atoms with Gasteiger partial charge in [-0.25, -0.2) is 13.4 Å². The summed E-state index contributed by atoms with van der Waals surface area (Å²) in [5.74, 6) is -0.808. The minimum Gasteiger partial charge on any atom is -0.480 e. The summed E-state index contributed by atoms with van der Waals surface area (Å²) in [7, 11) is -3.80. The maximum Gasteiger partial charge on any atom is 0.322 e. The fourth-order valence-electron chi connectivity index (χ4n) is 2.07. The molecule has 1 aliphatic rings. The van der Waals surface area contributed by atoms with Crippen LogP contribution in [0.5, 0.6) is 0 Å². The summed E-state index contributed by atoms with van der Waals surface area (Å²) >= 11 is 2.46. The van der Waals surface area contributed by atoms with Crippen molar-refractivity contribution in [2.24, 2.45) is 0 Å². The van der Waals surface area contributed by atoms with Crippen molar-refractivity contribution in [3.05, 3.63) is 11.2 Å². The first kappa shape index (κ1) is 15.7. The van der Waals surface area contributed by atoms with Crippen LogP contribution in [0, 0.1) is 6.92 Å². The predicted molar refractivity (Wildman–Crippen MR) is 78.5 cm³/mol. The zero-order valence-electron chi connectivity index (χ0n) is 11.1. The van der Waals surface area contributed by atoms with Crippen molar-refractivity contribution in [2.45, 2.75) is 42.3 Å². The second-order valence-electron chi connectivity index (χ2n) is 4.46. The Morgan fingerprint density at radius 3 is 2.80 bits per heavy atom. The number of carboxylic acids is 1. The monoisotopic (exact) mass is 336 g/mol. The lowest BCUT2D eigenvalue weighted by atomic mass is 10.3. The highest BCUT2D eigenvalue weighted by molar-refractivity contribution is 8.01. The lowest BCUT2D eigenvalue weighted by Gasteiger charge is -2.25. The van der Waals surface area contributed by atoms with Crippen molar-refractivity contribution >= 4 is 39.1 Å². The highest BCUT2D eigenvalue weighted by Crippen LogP contribution is 2.38. The Kier molecular flexibility index (Phi) is 4.73. The van der Waals surface area contributed by atoms with Crippen LogP contribution >= 0.6 is 23.1 Å². The third kappa shape index (κ3) is 2.85. The number of carboxylic acid groups (broad SMARTS) is 1. The van der Waals surface area contributed by atoms with Gasteiger partial charge in [0.1, 0.15) is 6.04 Å². The van der Waals surface area contributed by atoms with Gasteiger partial charge in [0, 0.05) is 5.75 Å². The van der Waals surface area contributed by atoms with Gasteiger partial charge in [0.05, 0.1) is 16.6 Å². The minimum absolute atomic E-state index is 0.116. The standard InChI is InChI=1S/C11H16N2O4S3/c1-3-4-9-13(8(6-18-9)11(14)15)20(16,17)10-5-12-7(2)19-10/h5,8-9H,3-4,6H2,1-2H3,(H,14,15). The van der Waals surface area contributed by atoms with Gasteiger partial charge in [-0.15, -0.1) is 23.1 Å². The number of aliphatic carboxylic acids is 1. The number of nitrogens with zero attached hydrogens (tertiary/aromatic N) is 2. The first-order valence-corrected chi connectivity index (χ1v) is 9.48. The van der Waals surface area contributed by atoms with Crippen LogP contribution in [-0.4, -0.2) is 46.0 Å². The molecular formula is C11H16N2O4S3. The van der Waals surface area contributed by atoms with Crippen molar-refractivity contribution in [2.75, 3.05) is 5.75 Å². The summed E-state index contributed by atoms with van der Waals surface area (Å²) < 4.78 is 26.6. The number of hydrogen-bond acceptors (Lipinski definition) is 6. The summed E-state index contributed by atoms with van der Waals surface area (Å²) in [5.41, 5.74) is 0. The first-order chi connectivity index (χ1) is 9.37. The molecule has 0 aromatic carbocycles. The van der Waals surface area contributed by atoms with E-state index in [2.05, 4.69) is 4.98 Å². The van der Waals surface area contributed by atoms with Crippen LogP contribution in [0.4, 0.5) is 0 Å². The van der Waals surface area contributed by atoms with E-state index < -0.39 is 22.0 Å². The normalized spacial score (nSPS) is 24.1. The number of hydrogen-bond donors (Lipinski definition) is 1. The van der Waals surface area contributed by atoms with Crippen LogP contribution in [0.15, 0.2) is 10.4 Å². The quantitative estimate of drug-likeness (QED) is 0.882. The maximum atomic E-state index is 12.7. The molecule has 1 saturated heterocycles. The molecule has 1 aromatic rings. The molecule has 112 valence electrons. The van der Waals surface area contributed by atoms with Gasteiger partial charge < -0.3 is 5.11 Å². The molecule has 1 aliphatic heterocycles. The second-order valence-corrected chi connectivity index (χ2v) is 8.98. The Morgan fingerprint density at radius 1 is 1.60 bits per heavy atom. The molecule has 2 atom stereocenters. The van der Waals surface area contributed by atoms with Gasteiger partial charge in [0.25, 0.3) is 10.0 Å². The molecule has 2 heterocycles. The summed E-state index contributed by atoms with van der Waals surface area (Å²) in [6, 6.07) is -0.996. The van der Waals surface area contributed by atoms with Crippen LogP contribution in [0.1, 0.15) is 24.8 Å². The Hall–Kier alpha value is -0.640. The van der Waals surface area contributed by atoms with E-state index in [1.807, 2.05) is 6.92 Å². The van der Waals surface area contributed by atoms with Gasteiger partial charge in [-0.2, -0.15) is 4.31 Å². The molecule has 1 fully saturated rings. The summed E-state index contributed by atoms with van der Waals surface area (Å²) in [5, 5.41) is 9.59. The molecule has 0 amide bonds. The third-order valence-electron chi connectivity index (χ3n) is 2.99. The third-order valence-corrected chi connectivity index (χ3v) is 7.75. The number of sulfonamides is 1. The molecule has 0 aliphatic carbocycles. The van der Waals surface area contributed by atoms with E-state index in [1.54, 1.807) is 6.92 Å². The van der Waals surface area contributed by atoms with E-state index in [1.165, 1.54) is 18.0 Å². The maximum absolute atomic E-state index is 12.7. The van der Waals surface area contributed by atoms with Gasteiger partial charge in [-0.1, -0.05) is 13.3 Å². The van der Waals surface area contributed by atoms with Crippen molar-refractivity contribution in [3.8, 4) is 0 Å². The van der Waals surface area contributed by atoms with Crippen LogP contribution < -0.4 is 0 Å². The fraction of sp³-hybridized carbons (Fsp3) is 0.636. The first-order valence-electron chi connectivity index (χ1n) is 6.18. The average molecular weight is 336 g/mol. The molecule has 0 spiro atoms. The van der Waals surface area contributed by atoms with Gasteiger partial charge in [-0.3, -0.25) is 4.79 Å². The van der Waals surface area contributed by atoms with Gasteiger partial charge >= 0.3 is 5.97 Å². The van der Waals surface area contributed by atoms with Crippen molar-refractivity contribution in [1.29, 1.82) is 0 Å². The minimum atomic E-state index is -3.80. The van der Waals surface area contributed by atoms with Gasteiger partial charge in [0.15, 0.2) is 4.21 Å². The topological polar surface area (TPSA) is 87.6 Å². The van der Waals surface area contributed by atoms with Gasteiger partial charge in [-0.05, 0) is 13.3 Å². The molecule has 0 saturated carbocycles. The molecule has 20 heavy (non-hydrogen) atoms. The summed E-state index contributed by atoms with van der Waals surface area (Å²) in [6.07, 6.45) is 2.75. The molecule has 9 heteroatoms. The van der Waals surface area contributed by atoms with E-state index in [4.69, 9.17) is 0 Å². The fourth-order valence-corrected chi connectivity index (χ4v) is 6.95. The molecule has 0 bridgehead atoms. The smallest absolute Gasteiger partial charge is 0.322 e. The average Bonchev–Trinajstić information content (AvgIpc) is 2.96. The van der Waals surface area contributed by atoms with Crippen molar-refractivity contribution < 1.29 is 18.3 Å². The molecule has 6 nitrogen and oxygen atoms in total. The second kappa shape index (κ2) is 6.00. The lowest BCUT2D eigenvalue weighted by Crippen LogP contribution is -2.45. The number of thioether (sulfide) groups is 1. The van der Waals surface area contributed by atoms with E-state index in [0.29, 0.717) is 11.4 Å². The predicted octanol–water partition coefficient (Wildman–Crippen LogP) is 1.77. The van der Waals surface area contributed by atoms with Crippen LogP contribution in [-0.2, 0) is 14.8 Å². The highest BCUT2D eigenvalue weighted by atomic mass is 32.2. The highest BCUT2D eigenvalue weighted by Gasteiger charge is 2.46. The Balaban J connectivity index is 2.41. The largest absolute Gasteiger partial charge is 0.480 e. The number of thiazole rings is 1. The van der Waals surface area contributed by atoms with E-state index in [9.17, 15) is 18.3 Å². The van der Waals surface area contributed by atoms with Gasteiger partial charge in [0.2, 0.25) is 0 Å². The zero-order chi connectivity index (χ0) is 14.9. The Morgan fingerprint density at radius 2 is 2.30 bits per heavy atom. The summed E-state index contributed by atoms with van der Waals surface area (Å²) in [6.45, 7) is 3.68. The number of aryl methyl sites for hydroxylation is 1. The van der Waals surface area contributed by atoms with Crippen LogP contribution in [0.25, 0.3) is 0 Å². The van der Waals surface area contributed by atoms with Crippen LogP contribution in [0.3, 0.4) is 0 Å². The Bertz CT molecular complexity index is 599. The molecule has 1 aromatic heterocycles. The lowest BCUT2D eigenvalue weighted by molar-refractivity contribution is -0.140. The van der Waals surface area contributed by atoms with Crippen molar-refractivity contribution in [1.82, 2.24) is 9.29 Å². The van der Waals surface area contributed by atoms with E-state index >= 15 is 0 Å². The molecule has 2 rings (SSSR count). The van der Waals surface area contributed by atoms with E-state index in [0.717, 1.165) is 22.1 Å². The number of carbonyl (C=O) groups is 1. The zero-order valence-corrected chi connectivity index (χ0v) is 13.6. The summed E-state index contributed by atoms with van der Waals surface area (Å²) in [4.78, 5) is 15.3. The number of aromatic nitrogens is 1. The molecule has 0 radical (unpaired) electrons. The Labute approximate surface area is 126 Å². The SMILES string of the molecule is CCCC1SCC(C(=O)O)N1S(=O)(=O)c1cnc(C)s1.